The first kappa shape index (κ1) is 24.6. The van der Waals surface area contributed by atoms with Crippen LogP contribution < -0.4 is 14.8 Å². The van der Waals surface area contributed by atoms with Crippen LogP contribution in [0, 0.1) is 5.92 Å². The van der Waals surface area contributed by atoms with Crippen molar-refractivity contribution < 1.29 is 14.3 Å². The molecule has 0 aliphatic carbocycles. The van der Waals surface area contributed by atoms with E-state index in [1.807, 2.05) is 44.2 Å². The lowest BCUT2D eigenvalue weighted by Gasteiger charge is -2.11. The summed E-state index contributed by atoms with van der Waals surface area (Å²) in [5.74, 6) is 3.04. The van der Waals surface area contributed by atoms with Crippen molar-refractivity contribution in [2.75, 3.05) is 20.3 Å². The van der Waals surface area contributed by atoms with Gasteiger partial charge in [-0.3, -0.25) is 4.79 Å². The predicted molar refractivity (Wildman–Crippen MR) is 133 cm³/mol. The largest absolute Gasteiger partial charge is 0.497 e. The van der Waals surface area contributed by atoms with E-state index < -0.39 is 0 Å². The average Bonchev–Trinajstić information content (AvgIpc) is 3.18. The number of para-hydroxylation sites is 2. The maximum absolute atomic E-state index is 11.7. The number of imidazole rings is 1. The molecule has 1 heterocycles. The highest BCUT2D eigenvalue weighted by molar-refractivity contribution is 5.77. The lowest BCUT2D eigenvalue weighted by atomic mass is 10.1. The molecule has 1 aromatic heterocycles. The summed E-state index contributed by atoms with van der Waals surface area (Å²) in [5.41, 5.74) is 2.26. The van der Waals surface area contributed by atoms with Gasteiger partial charge in [0.15, 0.2) is 0 Å². The third-order valence-electron chi connectivity index (χ3n) is 5.74. The molecule has 1 N–H and O–H groups in total. The molecule has 33 heavy (non-hydrogen) atoms. The molecule has 3 aromatic rings. The van der Waals surface area contributed by atoms with Crippen LogP contribution >= 0.6 is 0 Å². The van der Waals surface area contributed by atoms with Crippen molar-refractivity contribution in [3.05, 3.63) is 54.4 Å². The molecular formula is C27H37N3O3. The molecule has 0 saturated carbocycles. The van der Waals surface area contributed by atoms with E-state index in [0.717, 1.165) is 74.5 Å². The second-order valence-corrected chi connectivity index (χ2v) is 8.66. The quantitative estimate of drug-likeness (QED) is 0.334. The number of unbranched alkanes of at least 4 members (excludes halogenated alkanes) is 3. The Morgan fingerprint density at radius 3 is 2.48 bits per heavy atom. The van der Waals surface area contributed by atoms with Gasteiger partial charge in [-0.15, -0.1) is 0 Å². The van der Waals surface area contributed by atoms with Gasteiger partial charge >= 0.3 is 0 Å². The molecule has 6 heteroatoms. The normalized spacial score (nSPS) is 11.2. The molecule has 0 atom stereocenters. The van der Waals surface area contributed by atoms with Gasteiger partial charge in [-0.05, 0) is 62.1 Å². The molecule has 0 saturated heterocycles. The minimum absolute atomic E-state index is 0.0477. The van der Waals surface area contributed by atoms with Crippen LogP contribution in [0.25, 0.3) is 11.0 Å². The number of benzene rings is 2. The Kier molecular flexibility index (Phi) is 9.60. The zero-order valence-corrected chi connectivity index (χ0v) is 20.2. The molecule has 0 bridgehead atoms. The number of fused-ring (bicyclic) bond motifs is 1. The van der Waals surface area contributed by atoms with Gasteiger partial charge in [0.2, 0.25) is 5.91 Å². The van der Waals surface area contributed by atoms with E-state index in [1.165, 1.54) is 5.52 Å². The number of carbonyl (C=O) groups is 1. The Hall–Kier alpha value is -3.02. The van der Waals surface area contributed by atoms with Crippen molar-refractivity contribution in [2.24, 2.45) is 5.92 Å². The van der Waals surface area contributed by atoms with Crippen molar-refractivity contribution in [2.45, 2.75) is 58.9 Å². The molecule has 3 rings (SSSR count). The summed E-state index contributed by atoms with van der Waals surface area (Å²) in [7, 11) is 1.66. The van der Waals surface area contributed by atoms with Crippen LogP contribution in [0.4, 0.5) is 0 Å². The Labute approximate surface area is 197 Å². The Morgan fingerprint density at radius 1 is 0.970 bits per heavy atom. The lowest BCUT2D eigenvalue weighted by molar-refractivity contribution is -0.123. The monoisotopic (exact) mass is 451 g/mol. The van der Waals surface area contributed by atoms with Gasteiger partial charge in [0.05, 0.1) is 24.8 Å². The number of ether oxygens (including phenoxy) is 2. The third kappa shape index (κ3) is 7.52. The number of rotatable bonds is 14. The van der Waals surface area contributed by atoms with Gasteiger partial charge in [0.1, 0.15) is 17.3 Å². The van der Waals surface area contributed by atoms with E-state index in [4.69, 9.17) is 14.5 Å². The van der Waals surface area contributed by atoms with E-state index in [1.54, 1.807) is 7.11 Å². The number of hydrogen-bond acceptors (Lipinski definition) is 4. The maximum Gasteiger partial charge on any atom is 0.222 e. The summed E-state index contributed by atoms with van der Waals surface area (Å²) >= 11 is 0. The maximum atomic E-state index is 11.7. The molecular weight excluding hydrogens is 414 g/mol. The number of hydrogen-bond donors (Lipinski definition) is 1. The van der Waals surface area contributed by atoms with Gasteiger partial charge in [0, 0.05) is 25.4 Å². The first-order chi connectivity index (χ1) is 16.1. The molecule has 6 nitrogen and oxygen atoms in total. The molecule has 1 amide bonds. The topological polar surface area (TPSA) is 65.4 Å². The minimum Gasteiger partial charge on any atom is -0.497 e. The standard InChI is InChI=1S/C27H37N3O3/c1-21(2)27(31)28-18-8-4-5-13-26-29-24-11-6-7-12-25(24)30(26)19-9-10-20-33-23-16-14-22(32-3)15-17-23/h6-7,11-12,14-17,21H,4-5,8-10,13,18-20H2,1-3H3,(H,28,31). The number of carbonyl (C=O) groups excluding carboxylic acids is 1. The van der Waals surface area contributed by atoms with Crippen LogP contribution in [0.15, 0.2) is 48.5 Å². The number of amides is 1. The van der Waals surface area contributed by atoms with E-state index in [9.17, 15) is 4.79 Å². The lowest BCUT2D eigenvalue weighted by Crippen LogP contribution is -2.28. The van der Waals surface area contributed by atoms with Crippen molar-refractivity contribution in [1.82, 2.24) is 14.9 Å². The second-order valence-electron chi connectivity index (χ2n) is 8.66. The number of methoxy groups -OCH3 is 1. The predicted octanol–water partition coefficient (Wildman–Crippen LogP) is 5.39. The van der Waals surface area contributed by atoms with Crippen LogP contribution in [-0.2, 0) is 17.8 Å². The van der Waals surface area contributed by atoms with Gasteiger partial charge in [0.25, 0.3) is 0 Å². The van der Waals surface area contributed by atoms with Crippen LogP contribution in [0.3, 0.4) is 0 Å². The summed E-state index contributed by atoms with van der Waals surface area (Å²) in [6, 6.07) is 16.1. The molecule has 0 spiro atoms. The molecule has 2 aromatic carbocycles. The zero-order valence-electron chi connectivity index (χ0n) is 20.2. The summed E-state index contributed by atoms with van der Waals surface area (Å²) in [4.78, 5) is 16.6. The van der Waals surface area contributed by atoms with Crippen LogP contribution in [0.1, 0.15) is 51.8 Å². The number of aromatic nitrogens is 2. The summed E-state index contributed by atoms with van der Waals surface area (Å²) in [5, 5.41) is 2.99. The van der Waals surface area contributed by atoms with Gasteiger partial charge in [-0.1, -0.05) is 32.4 Å². The third-order valence-corrected chi connectivity index (χ3v) is 5.74. The number of nitrogens with one attached hydrogen (secondary N) is 1. The fraction of sp³-hybridized carbons (Fsp3) is 0.481. The van der Waals surface area contributed by atoms with Gasteiger partial charge in [-0.2, -0.15) is 0 Å². The molecule has 0 aliphatic heterocycles. The minimum atomic E-state index is 0.0477. The van der Waals surface area contributed by atoms with E-state index >= 15 is 0 Å². The highest BCUT2D eigenvalue weighted by Gasteiger charge is 2.10. The van der Waals surface area contributed by atoms with Crippen molar-refractivity contribution in [3.8, 4) is 11.5 Å². The SMILES string of the molecule is COc1ccc(OCCCCn2c(CCCCCNC(=O)C(C)C)nc3ccccc32)cc1. The van der Waals surface area contributed by atoms with Crippen LogP contribution in [0.2, 0.25) is 0 Å². The second kappa shape index (κ2) is 12.9. The summed E-state index contributed by atoms with van der Waals surface area (Å²) in [6.07, 6.45) is 6.12. The molecule has 0 radical (unpaired) electrons. The number of nitrogens with zero attached hydrogens (tertiary/aromatic N) is 2. The first-order valence-corrected chi connectivity index (χ1v) is 12.1. The Balaban J connectivity index is 1.45. The molecule has 0 unspecified atom stereocenters. The van der Waals surface area contributed by atoms with Crippen molar-refractivity contribution >= 4 is 16.9 Å². The fourth-order valence-electron chi connectivity index (χ4n) is 3.80. The van der Waals surface area contributed by atoms with Crippen LogP contribution in [-0.4, -0.2) is 35.7 Å². The van der Waals surface area contributed by atoms with Crippen molar-refractivity contribution in [3.63, 3.8) is 0 Å². The van der Waals surface area contributed by atoms with Crippen molar-refractivity contribution in [1.29, 1.82) is 0 Å². The van der Waals surface area contributed by atoms with Gasteiger partial charge < -0.3 is 19.4 Å². The number of aryl methyl sites for hydroxylation is 2. The fourth-order valence-corrected chi connectivity index (χ4v) is 3.80. The van der Waals surface area contributed by atoms with Crippen LogP contribution in [0.5, 0.6) is 11.5 Å². The summed E-state index contributed by atoms with van der Waals surface area (Å²) < 4.78 is 13.4. The van der Waals surface area contributed by atoms with E-state index in [2.05, 4.69) is 28.1 Å². The smallest absolute Gasteiger partial charge is 0.222 e. The van der Waals surface area contributed by atoms with E-state index in [0.29, 0.717) is 6.61 Å². The zero-order chi connectivity index (χ0) is 23.5. The van der Waals surface area contributed by atoms with E-state index in [-0.39, 0.29) is 11.8 Å². The first-order valence-electron chi connectivity index (χ1n) is 12.1. The summed E-state index contributed by atoms with van der Waals surface area (Å²) in [6.45, 7) is 6.22. The van der Waals surface area contributed by atoms with Gasteiger partial charge in [-0.25, -0.2) is 4.98 Å². The Bertz CT molecular complexity index is 996. The highest BCUT2D eigenvalue weighted by atomic mass is 16.5. The highest BCUT2D eigenvalue weighted by Crippen LogP contribution is 2.20. The average molecular weight is 452 g/mol. The molecule has 178 valence electrons. The molecule has 0 fully saturated rings. The Morgan fingerprint density at radius 2 is 1.73 bits per heavy atom. The molecule has 0 aliphatic rings.